The van der Waals surface area contributed by atoms with Crippen molar-refractivity contribution in [3.8, 4) is 33.9 Å². The normalized spacial score (nSPS) is 12.1. The van der Waals surface area contributed by atoms with Crippen molar-refractivity contribution < 1.29 is 0 Å². The highest BCUT2D eigenvalue weighted by Gasteiger charge is 2.22. The maximum absolute atomic E-state index is 2.47. The third-order valence-corrected chi connectivity index (χ3v) is 13.6. The first-order valence-electron chi connectivity index (χ1n) is 22.0. The Morgan fingerprint density at radius 2 is 0.609 bits per heavy atom. The van der Waals surface area contributed by atoms with Crippen molar-refractivity contribution in [1.29, 1.82) is 0 Å². The third kappa shape index (κ3) is 4.88. The lowest BCUT2D eigenvalue weighted by atomic mass is 10.0. The molecule has 0 saturated carbocycles. The maximum atomic E-state index is 2.47. The van der Waals surface area contributed by atoms with E-state index in [1.165, 1.54) is 98.5 Å². The molecular weight excluding hydrogens is 777 g/mol. The highest BCUT2D eigenvalue weighted by Crippen LogP contribution is 2.43. The molecule has 0 N–H and O–H groups in total. The molecule has 4 aromatic heterocycles. The summed E-state index contributed by atoms with van der Waals surface area (Å²) < 4.78 is 9.77. The van der Waals surface area contributed by atoms with Gasteiger partial charge in [-0.3, -0.25) is 0 Å². The van der Waals surface area contributed by atoms with Gasteiger partial charge < -0.3 is 18.3 Å². The van der Waals surface area contributed by atoms with E-state index in [2.05, 4.69) is 249 Å². The summed E-state index contributed by atoms with van der Waals surface area (Å²) in [6, 6.07) is 84.4. The Labute approximate surface area is 368 Å². The predicted molar refractivity (Wildman–Crippen MR) is 269 cm³/mol. The van der Waals surface area contributed by atoms with Crippen molar-refractivity contribution in [3.63, 3.8) is 0 Å². The van der Waals surface area contributed by atoms with Crippen LogP contribution in [-0.2, 0) is 0 Å². The number of hydrogen-bond acceptors (Lipinski definition) is 0. The lowest BCUT2D eigenvalue weighted by Crippen LogP contribution is -1.99. The van der Waals surface area contributed by atoms with Gasteiger partial charge in [0.25, 0.3) is 0 Å². The number of para-hydroxylation sites is 7. The molecule has 0 aliphatic rings. The summed E-state index contributed by atoms with van der Waals surface area (Å²) in [7, 11) is 0. The number of benzene rings is 10. The second-order valence-electron chi connectivity index (χ2n) is 16.9. The van der Waals surface area contributed by atoms with Crippen LogP contribution in [0.2, 0.25) is 0 Å². The molecular formula is C60H38N4. The van der Waals surface area contributed by atoms with E-state index in [4.69, 9.17) is 0 Å². The van der Waals surface area contributed by atoms with Crippen molar-refractivity contribution >= 4 is 87.2 Å². The average molecular weight is 815 g/mol. The molecule has 0 aliphatic heterocycles. The van der Waals surface area contributed by atoms with Gasteiger partial charge in [0, 0.05) is 60.0 Å². The Morgan fingerprint density at radius 1 is 0.219 bits per heavy atom. The van der Waals surface area contributed by atoms with Crippen LogP contribution < -0.4 is 0 Å². The van der Waals surface area contributed by atoms with Crippen molar-refractivity contribution in [3.05, 3.63) is 231 Å². The van der Waals surface area contributed by atoms with Crippen molar-refractivity contribution in [2.45, 2.75) is 0 Å². The number of aromatic nitrogens is 4. The zero-order valence-corrected chi connectivity index (χ0v) is 34.7. The molecule has 14 rings (SSSR count). The quantitative estimate of drug-likeness (QED) is 0.165. The summed E-state index contributed by atoms with van der Waals surface area (Å²) in [4.78, 5) is 0. The Kier molecular flexibility index (Phi) is 7.36. The van der Waals surface area contributed by atoms with Crippen LogP contribution >= 0.6 is 0 Å². The van der Waals surface area contributed by atoms with E-state index in [1.807, 2.05) is 0 Å². The molecule has 0 atom stereocenters. The smallest absolute Gasteiger partial charge is 0.0562 e. The van der Waals surface area contributed by atoms with Crippen LogP contribution in [0.3, 0.4) is 0 Å². The monoisotopic (exact) mass is 814 g/mol. The van der Waals surface area contributed by atoms with Crippen LogP contribution in [0.15, 0.2) is 231 Å². The van der Waals surface area contributed by atoms with E-state index in [9.17, 15) is 0 Å². The first-order valence-corrected chi connectivity index (χ1v) is 22.0. The van der Waals surface area contributed by atoms with E-state index in [-0.39, 0.29) is 0 Å². The lowest BCUT2D eigenvalue weighted by molar-refractivity contribution is 1.16. The predicted octanol–water partition coefficient (Wildman–Crippen LogP) is 15.7. The molecule has 64 heavy (non-hydrogen) atoms. The van der Waals surface area contributed by atoms with Gasteiger partial charge in [0.2, 0.25) is 0 Å². The molecule has 0 amide bonds. The molecule has 0 unspecified atom stereocenters. The van der Waals surface area contributed by atoms with Gasteiger partial charge in [0.1, 0.15) is 0 Å². The standard InChI is InChI=1S/C60H38N4/c1-8-26-50(63-56-32-14-7-25-48(56)60-58(63)33-16-34-59(60)64-54-30-12-4-22-45(54)46-23-5-13-31-55(46)64)42(19-1)39-17-15-18-40(37-39)61-53-29-11-6-24-47(53)49-38-41(35-36-57(49)61)62-51-27-9-2-20-43(51)44-21-3-10-28-52(44)62/h1-38H. The molecule has 10 aromatic carbocycles. The van der Waals surface area contributed by atoms with Crippen LogP contribution in [-0.4, -0.2) is 18.3 Å². The first kappa shape index (κ1) is 35.0. The Morgan fingerprint density at radius 3 is 1.20 bits per heavy atom. The van der Waals surface area contributed by atoms with Gasteiger partial charge in [-0.05, 0) is 90.5 Å². The fourth-order valence-corrected chi connectivity index (χ4v) is 10.9. The largest absolute Gasteiger partial charge is 0.309 e. The van der Waals surface area contributed by atoms with Crippen LogP contribution in [0.5, 0.6) is 0 Å². The van der Waals surface area contributed by atoms with Gasteiger partial charge in [-0.25, -0.2) is 0 Å². The van der Waals surface area contributed by atoms with Crippen molar-refractivity contribution in [1.82, 2.24) is 18.3 Å². The molecule has 0 radical (unpaired) electrons. The van der Waals surface area contributed by atoms with Gasteiger partial charge in [0.05, 0.1) is 55.5 Å². The second kappa shape index (κ2) is 13.4. The van der Waals surface area contributed by atoms with Crippen LogP contribution in [0.4, 0.5) is 0 Å². The topological polar surface area (TPSA) is 19.7 Å². The summed E-state index contributed by atoms with van der Waals surface area (Å²) in [5, 5.41) is 9.97. The van der Waals surface area contributed by atoms with Crippen molar-refractivity contribution in [2.75, 3.05) is 0 Å². The van der Waals surface area contributed by atoms with E-state index < -0.39 is 0 Å². The fraction of sp³-hybridized carbons (Fsp3) is 0. The van der Waals surface area contributed by atoms with Gasteiger partial charge >= 0.3 is 0 Å². The number of rotatable bonds is 5. The van der Waals surface area contributed by atoms with Gasteiger partial charge in [0.15, 0.2) is 0 Å². The van der Waals surface area contributed by atoms with Crippen LogP contribution in [0, 0.1) is 0 Å². The van der Waals surface area contributed by atoms with E-state index in [1.54, 1.807) is 0 Å². The Bertz CT molecular complexity index is 4100. The minimum Gasteiger partial charge on any atom is -0.309 e. The van der Waals surface area contributed by atoms with Gasteiger partial charge in [-0.2, -0.15) is 0 Å². The fourth-order valence-electron chi connectivity index (χ4n) is 10.9. The van der Waals surface area contributed by atoms with Crippen LogP contribution in [0.1, 0.15) is 0 Å². The highest BCUT2D eigenvalue weighted by atomic mass is 15.0. The third-order valence-electron chi connectivity index (χ3n) is 13.6. The molecule has 14 aromatic rings. The molecule has 4 nitrogen and oxygen atoms in total. The maximum Gasteiger partial charge on any atom is 0.0562 e. The Balaban J connectivity index is 0.959. The van der Waals surface area contributed by atoms with E-state index >= 15 is 0 Å². The second-order valence-corrected chi connectivity index (χ2v) is 16.9. The molecule has 0 bridgehead atoms. The van der Waals surface area contributed by atoms with Crippen molar-refractivity contribution in [2.24, 2.45) is 0 Å². The number of nitrogens with zero attached hydrogens (tertiary/aromatic N) is 4. The summed E-state index contributed by atoms with van der Waals surface area (Å²) in [6.45, 7) is 0. The first-order chi connectivity index (χ1) is 31.8. The summed E-state index contributed by atoms with van der Waals surface area (Å²) in [5.74, 6) is 0. The van der Waals surface area contributed by atoms with E-state index in [0.717, 1.165) is 22.6 Å². The van der Waals surface area contributed by atoms with Gasteiger partial charge in [-0.15, -0.1) is 0 Å². The average Bonchev–Trinajstić information content (AvgIpc) is 4.09. The summed E-state index contributed by atoms with van der Waals surface area (Å²) in [6.07, 6.45) is 0. The SMILES string of the molecule is c1cc(-c2ccccc2-n2c3ccccc3c3c(-n4c5ccccc5c5ccccc54)cccc32)cc(-n2c3ccccc3c3cc(-n4c5ccccc5c5ccccc54)ccc32)c1. The lowest BCUT2D eigenvalue weighted by Gasteiger charge is -2.16. The summed E-state index contributed by atoms with van der Waals surface area (Å²) >= 11 is 0. The van der Waals surface area contributed by atoms with E-state index in [0.29, 0.717) is 0 Å². The summed E-state index contributed by atoms with van der Waals surface area (Å²) in [5.41, 5.74) is 16.5. The molecule has 0 spiro atoms. The molecule has 298 valence electrons. The minimum atomic E-state index is 1.12. The number of fused-ring (bicyclic) bond motifs is 12. The molecule has 0 aliphatic carbocycles. The molecule has 0 fully saturated rings. The highest BCUT2D eigenvalue weighted by molar-refractivity contribution is 6.17. The zero-order valence-electron chi connectivity index (χ0n) is 34.7. The molecule has 0 saturated heterocycles. The van der Waals surface area contributed by atoms with Crippen LogP contribution in [0.25, 0.3) is 121 Å². The minimum absolute atomic E-state index is 1.12. The van der Waals surface area contributed by atoms with Gasteiger partial charge in [-0.1, -0.05) is 146 Å². The molecule has 4 heterocycles. The Hall–Kier alpha value is -8.60. The zero-order chi connectivity index (χ0) is 41.9. The molecule has 4 heteroatoms. The number of hydrogen-bond donors (Lipinski definition) is 0.